The predicted octanol–water partition coefficient (Wildman–Crippen LogP) is -3.74. The molecule has 0 bridgehead atoms. The van der Waals surface area contributed by atoms with Crippen molar-refractivity contribution in [2.24, 2.45) is 0 Å². The molecule has 0 aromatic heterocycles. The lowest BCUT2D eigenvalue weighted by atomic mass is 9.96. The molecule has 1 fully saturated rings. The van der Waals surface area contributed by atoms with Crippen LogP contribution in [0, 0.1) is 0 Å². The maximum absolute atomic E-state index is 10.6. The minimum absolute atomic E-state index is 0.800. The van der Waals surface area contributed by atoms with Gasteiger partial charge in [0.2, 0.25) is 0 Å². The summed E-state index contributed by atoms with van der Waals surface area (Å²) in [7, 11) is -5.01. The highest BCUT2D eigenvalue weighted by Gasteiger charge is 2.49. The number of phosphoric acid groups is 1. The second-order valence-electron chi connectivity index (χ2n) is 3.78. The minimum Gasteiger partial charge on any atom is -0.394 e. The highest BCUT2D eigenvalue weighted by atomic mass is 31.2. The van der Waals surface area contributed by atoms with Gasteiger partial charge in [-0.15, -0.1) is 0 Å². The van der Waals surface area contributed by atoms with Gasteiger partial charge in [-0.05, 0) is 0 Å². The Kier molecular flexibility index (Phi) is 5.21. The molecule has 0 aromatic rings. The van der Waals surface area contributed by atoms with E-state index in [1.165, 1.54) is 0 Å². The first-order chi connectivity index (χ1) is 8.17. The lowest BCUT2D eigenvalue weighted by Gasteiger charge is -2.41. The molecule has 108 valence electrons. The first-order valence-corrected chi connectivity index (χ1v) is 6.43. The first kappa shape index (κ1) is 15.9. The molecule has 0 radical (unpaired) electrons. The van der Waals surface area contributed by atoms with Gasteiger partial charge in [-0.3, -0.25) is 4.52 Å². The number of ether oxygens (including phenoxy) is 1. The van der Waals surface area contributed by atoms with E-state index in [1.807, 2.05) is 0 Å². The van der Waals surface area contributed by atoms with E-state index in [0.717, 1.165) is 0 Å². The van der Waals surface area contributed by atoms with E-state index in [4.69, 9.17) is 14.9 Å². The van der Waals surface area contributed by atoms with E-state index in [1.54, 1.807) is 0 Å². The zero-order valence-corrected chi connectivity index (χ0v) is 9.87. The highest BCUT2D eigenvalue weighted by molar-refractivity contribution is 7.46. The van der Waals surface area contributed by atoms with Crippen LogP contribution in [-0.4, -0.2) is 78.7 Å². The molecule has 1 aliphatic heterocycles. The number of hydrogen-bond acceptors (Lipinski definition) is 8. The summed E-state index contributed by atoms with van der Waals surface area (Å²) in [5.41, 5.74) is 0. The molecule has 7 N–H and O–H groups in total. The maximum Gasteiger partial charge on any atom is 0.470 e. The molecule has 18 heavy (non-hydrogen) atoms. The van der Waals surface area contributed by atoms with Crippen LogP contribution >= 0.6 is 7.82 Å². The van der Waals surface area contributed by atoms with E-state index >= 15 is 0 Å². The average molecular weight is 290 g/mol. The Bertz CT molecular complexity index is 317. The average Bonchev–Trinajstić information content (AvgIpc) is 2.27. The summed E-state index contributed by atoms with van der Waals surface area (Å²) in [5, 5.41) is 46.4. The van der Waals surface area contributed by atoms with E-state index in [9.17, 15) is 25.0 Å². The van der Waals surface area contributed by atoms with E-state index in [-0.39, 0.29) is 0 Å². The van der Waals surface area contributed by atoms with Gasteiger partial charge >= 0.3 is 7.82 Å². The van der Waals surface area contributed by atoms with Crippen molar-refractivity contribution in [2.75, 3.05) is 6.61 Å². The van der Waals surface area contributed by atoms with Gasteiger partial charge in [0.05, 0.1) is 6.61 Å². The van der Waals surface area contributed by atoms with Crippen LogP contribution in [0.3, 0.4) is 0 Å². The van der Waals surface area contributed by atoms with Crippen LogP contribution in [-0.2, 0) is 13.8 Å². The number of aliphatic hydroxyl groups excluding tert-OH is 5. The number of aliphatic hydroxyl groups is 5. The second kappa shape index (κ2) is 5.88. The normalized spacial score (nSPS) is 39.6. The monoisotopic (exact) mass is 290 g/mol. The second-order valence-corrected chi connectivity index (χ2v) is 4.97. The lowest BCUT2D eigenvalue weighted by molar-refractivity contribution is -0.295. The number of rotatable bonds is 4. The third-order valence-electron chi connectivity index (χ3n) is 2.43. The van der Waals surface area contributed by atoms with Crippen LogP contribution in [0.25, 0.3) is 0 Å². The smallest absolute Gasteiger partial charge is 0.394 e. The summed E-state index contributed by atoms with van der Waals surface area (Å²) in [6.07, 6.45) is -10.7. The fraction of sp³-hybridized carbons (Fsp3) is 1.00. The first-order valence-electron chi connectivity index (χ1n) is 4.90. The Labute approximate surface area is 101 Å². The molecule has 0 amide bonds. The van der Waals surface area contributed by atoms with Gasteiger partial charge in [0.1, 0.15) is 30.5 Å². The molecule has 0 aliphatic carbocycles. The van der Waals surface area contributed by atoms with Crippen LogP contribution in [0.2, 0.25) is 0 Å². The van der Waals surface area contributed by atoms with Gasteiger partial charge in [-0.25, -0.2) is 4.57 Å². The molecule has 1 aliphatic rings. The van der Waals surface area contributed by atoms with Crippen molar-refractivity contribution in [1.29, 1.82) is 0 Å². The quantitative estimate of drug-likeness (QED) is 0.254. The zero-order valence-electron chi connectivity index (χ0n) is 8.97. The molecule has 6 atom stereocenters. The molecule has 0 spiro atoms. The minimum atomic E-state index is -5.01. The van der Waals surface area contributed by atoms with E-state index in [0.29, 0.717) is 0 Å². The summed E-state index contributed by atoms with van der Waals surface area (Å²) in [6, 6.07) is 0. The van der Waals surface area contributed by atoms with Gasteiger partial charge < -0.3 is 40.1 Å². The lowest BCUT2D eigenvalue weighted by Crippen LogP contribution is -2.61. The van der Waals surface area contributed by atoms with Crippen LogP contribution in [0.5, 0.6) is 0 Å². The predicted molar refractivity (Wildman–Crippen MR) is 52.9 cm³/mol. The zero-order chi connectivity index (χ0) is 14.1. The fourth-order valence-electron chi connectivity index (χ4n) is 1.57. The molecule has 1 rings (SSSR count). The van der Waals surface area contributed by atoms with Crippen molar-refractivity contribution in [1.82, 2.24) is 0 Å². The van der Waals surface area contributed by atoms with E-state index < -0.39 is 51.2 Å². The molecule has 11 heteroatoms. The summed E-state index contributed by atoms with van der Waals surface area (Å²) in [4.78, 5) is 17.1. The van der Waals surface area contributed by atoms with Crippen molar-refractivity contribution < 1.29 is 49.1 Å². The van der Waals surface area contributed by atoms with Gasteiger partial charge in [-0.1, -0.05) is 0 Å². The SMILES string of the molecule is O=P(O)(O)O[C@H]1[C@@H](O)[C@H](O)[C@@H]([C@@H](O)CO)O[C@H]1O. The Morgan fingerprint density at radius 3 is 2.22 bits per heavy atom. The Morgan fingerprint density at radius 2 is 1.78 bits per heavy atom. The standard InChI is InChI=1S/C7H15O10P/c8-1-2(9)5-3(10)4(11)6(7(12)16-5)17-18(13,14)15/h2-12H,1H2,(H2,13,14,15)/t2-,3-,4-,5+,6-,7+/m0/s1. The summed E-state index contributed by atoms with van der Waals surface area (Å²) in [5.74, 6) is 0. The molecular formula is C7H15O10P. The molecule has 0 saturated carbocycles. The number of hydrogen-bond donors (Lipinski definition) is 7. The van der Waals surface area contributed by atoms with Crippen molar-refractivity contribution in [3.63, 3.8) is 0 Å². The highest BCUT2D eigenvalue weighted by Crippen LogP contribution is 2.41. The van der Waals surface area contributed by atoms with Crippen molar-refractivity contribution in [3.05, 3.63) is 0 Å². The fourth-order valence-corrected chi connectivity index (χ4v) is 2.12. The van der Waals surface area contributed by atoms with Crippen molar-refractivity contribution in [3.8, 4) is 0 Å². The third-order valence-corrected chi connectivity index (χ3v) is 2.94. The Morgan fingerprint density at radius 1 is 1.22 bits per heavy atom. The molecule has 0 unspecified atom stereocenters. The largest absolute Gasteiger partial charge is 0.470 e. The molecular weight excluding hydrogens is 275 g/mol. The molecule has 0 aromatic carbocycles. The molecule has 10 nitrogen and oxygen atoms in total. The van der Waals surface area contributed by atoms with Gasteiger partial charge in [0.25, 0.3) is 0 Å². The van der Waals surface area contributed by atoms with Gasteiger partial charge in [-0.2, -0.15) is 0 Å². The third kappa shape index (κ3) is 3.68. The topological polar surface area (TPSA) is 177 Å². The van der Waals surface area contributed by atoms with Crippen molar-refractivity contribution in [2.45, 2.75) is 36.8 Å². The van der Waals surface area contributed by atoms with E-state index in [2.05, 4.69) is 9.26 Å². The van der Waals surface area contributed by atoms with Crippen LogP contribution in [0.15, 0.2) is 0 Å². The Hall–Kier alpha value is -0.130. The molecule has 1 heterocycles. The van der Waals surface area contributed by atoms with Gasteiger partial charge in [0, 0.05) is 0 Å². The number of phosphoric ester groups is 1. The van der Waals surface area contributed by atoms with Crippen molar-refractivity contribution >= 4 is 7.82 Å². The summed E-state index contributed by atoms with van der Waals surface area (Å²) < 4.78 is 19.3. The molecule has 1 saturated heterocycles. The van der Waals surface area contributed by atoms with Crippen LogP contribution in [0.4, 0.5) is 0 Å². The van der Waals surface area contributed by atoms with Gasteiger partial charge in [0.15, 0.2) is 6.29 Å². The Balaban J connectivity index is 2.80. The van der Waals surface area contributed by atoms with Crippen LogP contribution in [0.1, 0.15) is 0 Å². The maximum atomic E-state index is 10.6. The summed E-state index contributed by atoms with van der Waals surface area (Å²) in [6.45, 7) is -0.800. The van der Waals surface area contributed by atoms with Crippen LogP contribution < -0.4 is 0 Å². The summed E-state index contributed by atoms with van der Waals surface area (Å²) >= 11 is 0.